The summed E-state index contributed by atoms with van der Waals surface area (Å²) in [6.07, 6.45) is -2.01. The number of fused-ring (bicyclic) bond motifs is 13. The second-order valence-electron chi connectivity index (χ2n) is 8.65. The van der Waals surface area contributed by atoms with Gasteiger partial charge in [0, 0.05) is 0 Å². The van der Waals surface area contributed by atoms with E-state index in [1.807, 2.05) is 24.3 Å². The summed E-state index contributed by atoms with van der Waals surface area (Å²) in [5.74, 6) is 0. The molecule has 2 heteroatoms. The molecule has 0 saturated carbocycles. The summed E-state index contributed by atoms with van der Waals surface area (Å²) in [5.41, 5.74) is 3.71. The van der Waals surface area contributed by atoms with Crippen LogP contribution in [0.1, 0.15) is 23.3 Å². The number of aliphatic hydroxyl groups is 2. The van der Waals surface area contributed by atoms with E-state index in [-0.39, 0.29) is 0 Å². The number of benzene rings is 6. The van der Waals surface area contributed by atoms with Crippen LogP contribution in [-0.2, 0) is 0 Å². The van der Waals surface area contributed by atoms with Gasteiger partial charge in [0.25, 0.3) is 0 Å². The van der Waals surface area contributed by atoms with E-state index < -0.39 is 12.2 Å². The van der Waals surface area contributed by atoms with Crippen LogP contribution in [0, 0.1) is 0 Å². The van der Waals surface area contributed by atoms with Gasteiger partial charge in [0.15, 0.2) is 0 Å². The number of hydrogen-bond donors (Lipinski definition) is 2. The molecule has 0 spiro atoms. The maximum absolute atomic E-state index is 11.5. The van der Waals surface area contributed by atoms with E-state index in [4.69, 9.17) is 0 Å². The van der Waals surface area contributed by atoms with E-state index in [0.717, 1.165) is 65.3 Å². The van der Waals surface area contributed by atoms with Gasteiger partial charge in [0.2, 0.25) is 0 Å². The Hall–Kier alpha value is -3.72. The van der Waals surface area contributed by atoms with Gasteiger partial charge in [-0.05, 0) is 65.3 Å². The quantitative estimate of drug-likeness (QED) is 0.263. The molecule has 32 heavy (non-hydrogen) atoms. The molecule has 1 aliphatic carbocycles. The SMILES string of the molecule is OC1c2c(c3ccccc3c3ccccc23)-c2c(c3ccccc3c3ccccc23)C1O. The summed E-state index contributed by atoms with van der Waals surface area (Å²) in [4.78, 5) is 0. The molecule has 0 amide bonds. The monoisotopic (exact) mass is 412 g/mol. The molecule has 0 radical (unpaired) electrons. The summed E-state index contributed by atoms with van der Waals surface area (Å²) < 4.78 is 0. The molecule has 7 rings (SSSR count). The maximum atomic E-state index is 11.5. The fourth-order valence-corrected chi connectivity index (χ4v) is 5.81. The summed E-state index contributed by atoms with van der Waals surface area (Å²) >= 11 is 0. The van der Waals surface area contributed by atoms with Crippen molar-refractivity contribution in [3.8, 4) is 11.1 Å². The molecule has 0 aromatic heterocycles. The van der Waals surface area contributed by atoms with E-state index in [2.05, 4.69) is 72.8 Å². The minimum atomic E-state index is -1.00. The molecule has 0 fully saturated rings. The van der Waals surface area contributed by atoms with E-state index in [0.29, 0.717) is 0 Å². The smallest absolute Gasteiger partial charge is 0.110 e. The largest absolute Gasteiger partial charge is 0.385 e. The first-order valence-corrected chi connectivity index (χ1v) is 11.0. The Bertz CT molecular complexity index is 1580. The average Bonchev–Trinajstić information content (AvgIpc) is 2.86. The molecule has 0 bridgehead atoms. The predicted molar refractivity (Wildman–Crippen MR) is 132 cm³/mol. The minimum Gasteiger partial charge on any atom is -0.385 e. The molecular weight excluding hydrogens is 392 g/mol. The Morgan fingerprint density at radius 2 is 0.594 bits per heavy atom. The van der Waals surface area contributed by atoms with Crippen molar-refractivity contribution in [3.63, 3.8) is 0 Å². The topological polar surface area (TPSA) is 40.5 Å². The molecule has 152 valence electrons. The number of hydrogen-bond acceptors (Lipinski definition) is 2. The van der Waals surface area contributed by atoms with E-state index >= 15 is 0 Å². The fraction of sp³-hybridized carbons (Fsp3) is 0.0667. The van der Waals surface area contributed by atoms with Crippen molar-refractivity contribution in [3.05, 3.63) is 108 Å². The molecule has 0 heterocycles. The van der Waals surface area contributed by atoms with Crippen molar-refractivity contribution in [2.24, 2.45) is 0 Å². The van der Waals surface area contributed by atoms with Gasteiger partial charge in [-0.3, -0.25) is 0 Å². The van der Waals surface area contributed by atoms with Crippen LogP contribution in [0.4, 0.5) is 0 Å². The lowest BCUT2D eigenvalue weighted by atomic mass is 9.74. The van der Waals surface area contributed by atoms with Gasteiger partial charge >= 0.3 is 0 Å². The number of rotatable bonds is 0. The van der Waals surface area contributed by atoms with Gasteiger partial charge in [-0.2, -0.15) is 0 Å². The van der Waals surface area contributed by atoms with Gasteiger partial charge in [-0.25, -0.2) is 0 Å². The lowest BCUT2D eigenvalue weighted by Gasteiger charge is -2.34. The third kappa shape index (κ3) is 2.16. The van der Waals surface area contributed by atoms with Crippen molar-refractivity contribution >= 4 is 43.1 Å². The Morgan fingerprint density at radius 1 is 0.344 bits per heavy atom. The van der Waals surface area contributed by atoms with Crippen LogP contribution in [0.2, 0.25) is 0 Å². The standard InChI is InChI=1S/C30H20O2/c31-29-27-23-15-7-3-11-19(23)17-9-1-5-13-21(17)25(27)26-22-14-6-2-10-18(22)20-12-4-8-16-24(20)28(26)30(29)32/h1-16,29-32H. The Labute approximate surface area is 185 Å². The normalized spacial score (nSPS) is 17.7. The first kappa shape index (κ1) is 17.9. The molecular formula is C30H20O2. The maximum Gasteiger partial charge on any atom is 0.110 e. The van der Waals surface area contributed by atoms with Crippen molar-refractivity contribution in [2.45, 2.75) is 12.2 Å². The van der Waals surface area contributed by atoms with E-state index in [9.17, 15) is 10.2 Å². The lowest BCUT2D eigenvalue weighted by Crippen LogP contribution is -2.19. The zero-order chi connectivity index (χ0) is 21.4. The Morgan fingerprint density at radius 3 is 0.938 bits per heavy atom. The predicted octanol–water partition coefficient (Wildman–Crippen LogP) is 7.05. The van der Waals surface area contributed by atoms with E-state index in [1.165, 1.54) is 0 Å². The lowest BCUT2D eigenvalue weighted by molar-refractivity contribution is 0.0178. The van der Waals surface area contributed by atoms with Crippen LogP contribution < -0.4 is 0 Å². The summed E-state index contributed by atoms with van der Waals surface area (Å²) in [6, 6.07) is 33.2. The van der Waals surface area contributed by atoms with Crippen LogP contribution in [0.15, 0.2) is 97.1 Å². The van der Waals surface area contributed by atoms with Crippen molar-refractivity contribution in [1.29, 1.82) is 0 Å². The molecule has 0 aliphatic heterocycles. The summed E-state index contributed by atoms with van der Waals surface area (Å²) in [6.45, 7) is 0. The van der Waals surface area contributed by atoms with Crippen LogP contribution in [0.3, 0.4) is 0 Å². The molecule has 6 aromatic carbocycles. The fourth-order valence-electron chi connectivity index (χ4n) is 5.81. The zero-order valence-corrected chi connectivity index (χ0v) is 17.3. The summed E-state index contributed by atoms with van der Waals surface area (Å²) in [7, 11) is 0. The molecule has 2 N–H and O–H groups in total. The van der Waals surface area contributed by atoms with Crippen LogP contribution >= 0.6 is 0 Å². The first-order chi connectivity index (χ1) is 15.8. The highest BCUT2D eigenvalue weighted by Crippen LogP contribution is 2.54. The highest BCUT2D eigenvalue weighted by atomic mass is 16.3. The molecule has 2 unspecified atom stereocenters. The van der Waals surface area contributed by atoms with Gasteiger partial charge < -0.3 is 10.2 Å². The van der Waals surface area contributed by atoms with Gasteiger partial charge in [-0.15, -0.1) is 0 Å². The third-order valence-electron chi connectivity index (χ3n) is 7.09. The van der Waals surface area contributed by atoms with E-state index in [1.54, 1.807) is 0 Å². The second kappa shape index (κ2) is 6.39. The summed E-state index contributed by atoms with van der Waals surface area (Å²) in [5, 5.41) is 31.8. The highest BCUT2D eigenvalue weighted by molar-refractivity contribution is 6.23. The van der Waals surface area contributed by atoms with Crippen LogP contribution in [-0.4, -0.2) is 10.2 Å². The molecule has 6 aromatic rings. The zero-order valence-electron chi connectivity index (χ0n) is 17.3. The van der Waals surface area contributed by atoms with Crippen molar-refractivity contribution in [2.75, 3.05) is 0 Å². The van der Waals surface area contributed by atoms with Gasteiger partial charge in [-0.1, -0.05) is 97.1 Å². The van der Waals surface area contributed by atoms with Gasteiger partial charge in [0.05, 0.1) is 0 Å². The molecule has 0 saturated heterocycles. The number of aliphatic hydroxyl groups excluding tert-OH is 2. The second-order valence-corrected chi connectivity index (χ2v) is 8.65. The average molecular weight is 412 g/mol. The molecule has 2 atom stereocenters. The Kier molecular flexibility index (Phi) is 3.58. The third-order valence-corrected chi connectivity index (χ3v) is 7.09. The van der Waals surface area contributed by atoms with Crippen LogP contribution in [0.25, 0.3) is 54.2 Å². The van der Waals surface area contributed by atoms with Crippen LogP contribution in [0.5, 0.6) is 0 Å². The highest BCUT2D eigenvalue weighted by Gasteiger charge is 2.36. The van der Waals surface area contributed by atoms with Crippen molar-refractivity contribution < 1.29 is 10.2 Å². The Balaban J connectivity index is 1.83. The first-order valence-electron chi connectivity index (χ1n) is 11.0. The molecule has 1 aliphatic rings. The molecule has 2 nitrogen and oxygen atoms in total. The van der Waals surface area contributed by atoms with Crippen molar-refractivity contribution in [1.82, 2.24) is 0 Å². The van der Waals surface area contributed by atoms with Gasteiger partial charge in [0.1, 0.15) is 12.2 Å². The minimum absolute atomic E-state index is 0.819.